The van der Waals surface area contributed by atoms with E-state index in [-0.39, 0.29) is 24.0 Å². The van der Waals surface area contributed by atoms with Gasteiger partial charge < -0.3 is 20.5 Å². The van der Waals surface area contributed by atoms with Gasteiger partial charge in [-0.3, -0.25) is 9.59 Å². The Hall–Kier alpha value is -5.08. The van der Waals surface area contributed by atoms with Crippen LogP contribution < -0.4 is 16.1 Å². The first-order chi connectivity index (χ1) is 19.6. The zero-order valence-corrected chi connectivity index (χ0v) is 22.9. The standard InChI is InChI=1S/C30H28FN7O3/c1-5-7-23(39)34-20-9-6-8-18(14-20)25-35-24-21(12-13-32-26(24)36-25)17-10-11-19(22(31)15-17)16-33-27(40)28-37-29(38-41-28)30(2,3)4/h6,8-15,29,38H,16H2,1-4H3,(H,33,40)(H,34,39)(H,32,35,36). The summed E-state index contributed by atoms with van der Waals surface area (Å²) in [5.41, 5.74) is 6.52. The highest BCUT2D eigenvalue weighted by Gasteiger charge is 2.32. The van der Waals surface area contributed by atoms with Crippen molar-refractivity contribution in [3.05, 3.63) is 66.1 Å². The fourth-order valence-electron chi connectivity index (χ4n) is 4.17. The Kier molecular flexibility index (Phi) is 7.50. The van der Waals surface area contributed by atoms with Crippen LogP contribution in [-0.4, -0.2) is 38.8 Å². The molecule has 0 saturated heterocycles. The van der Waals surface area contributed by atoms with Crippen LogP contribution in [0.15, 0.2) is 59.7 Å². The van der Waals surface area contributed by atoms with Crippen LogP contribution in [0, 0.1) is 23.1 Å². The summed E-state index contributed by atoms with van der Waals surface area (Å²) in [6.45, 7) is 7.47. The third-order valence-corrected chi connectivity index (χ3v) is 6.36. The summed E-state index contributed by atoms with van der Waals surface area (Å²) in [4.78, 5) is 46.0. The lowest BCUT2D eigenvalue weighted by Gasteiger charge is -2.22. The number of H-pyrrole nitrogens is 1. The van der Waals surface area contributed by atoms with Crippen LogP contribution in [0.3, 0.4) is 0 Å². The number of imidazole rings is 1. The number of benzene rings is 2. The van der Waals surface area contributed by atoms with Crippen LogP contribution in [0.4, 0.5) is 10.1 Å². The predicted molar refractivity (Wildman–Crippen MR) is 154 cm³/mol. The number of halogens is 1. The first-order valence-corrected chi connectivity index (χ1v) is 12.9. The third kappa shape index (κ3) is 6.08. The van der Waals surface area contributed by atoms with Crippen molar-refractivity contribution in [2.24, 2.45) is 10.4 Å². The fourth-order valence-corrected chi connectivity index (χ4v) is 4.17. The van der Waals surface area contributed by atoms with Crippen molar-refractivity contribution < 1.29 is 18.8 Å². The minimum absolute atomic E-state index is 0.0375. The SMILES string of the molecule is CC#CC(=O)Nc1cccc(-c2nc3nccc(-c4ccc(CNC(=O)C5=NC(C(C)(C)C)NO5)c(F)c4)c3[nH]2)c1. The summed E-state index contributed by atoms with van der Waals surface area (Å²) in [6.07, 6.45) is 1.25. The molecule has 1 aliphatic rings. The lowest BCUT2D eigenvalue weighted by molar-refractivity contribution is -0.116. The third-order valence-electron chi connectivity index (χ3n) is 6.36. The highest BCUT2D eigenvalue weighted by molar-refractivity contribution is 6.35. The Morgan fingerprint density at radius 1 is 1.12 bits per heavy atom. The highest BCUT2D eigenvalue weighted by atomic mass is 19.1. The molecule has 0 bridgehead atoms. The number of carbonyl (C=O) groups is 2. The molecular weight excluding hydrogens is 525 g/mol. The van der Waals surface area contributed by atoms with E-state index in [1.54, 1.807) is 49.5 Å². The van der Waals surface area contributed by atoms with Crippen LogP contribution >= 0.6 is 0 Å². The van der Waals surface area contributed by atoms with E-state index in [1.165, 1.54) is 6.07 Å². The lowest BCUT2D eigenvalue weighted by Crippen LogP contribution is -2.35. The average Bonchev–Trinajstić information content (AvgIpc) is 3.61. The maximum Gasteiger partial charge on any atom is 0.308 e. The average molecular weight is 554 g/mol. The molecule has 0 saturated carbocycles. The van der Waals surface area contributed by atoms with Crippen molar-refractivity contribution in [1.29, 1.82) is 0 Å². The Morgan fingerprint density at radius 3 is 2.68 bits per heavy atom. The molecule has 1 aliphatic heterocycles. The summed E-state index contributed by atoms with van der Waals surface area (Å²) in [6, 6.07) is 13.7. The number of hydrogen-bond acceptors (Lipinski definition) is 7. The molecule has 41 heavy (non-hydrogen) atoms. The second-order valence-electron chi connectivity index (χ2n) is 10.5. The molecule has 208 valence electrons. The molecule has 0 radical (unpaired) electrons. The van der Waals surface area contributed by atoms with Gasteiger partial charge in [0.2, 0.25) is 0 Å². The van der Waals surface area contributed by atoms with Crippen LogP contribution in [-0.2, 0) is 21.0 Å². The van der Waals surface area contributed by atoms with Gasteiger partial charge in [-0.2, -0.15) is 0 Å². The largest absolute Gasteiger partial charge is 0.381 e. The van der Waals surface area contributed by atoms with Gasteiger partial charge in [-0.1, -0.05) is 51.0 Å². The Labute approximate surface area is 235 Å². The monoisotopic (exact) mass is 553 g/mol. The first kappa shape index (κ1) is 27.5. The molecule has 1 atom stereocenters. The van der Waals surface area contributed by atoms with Gasteiger partial charge in [0.25, 0.3) is 11.8 Å². The zero-order valence-electron chi connectivity index (χ0n) is 22.9. The maximum atomic E-state index is 15.1. The van der Waals surface area contributed by atoms with Gasteiger partial charge in [-0.05, 0) is 42.7 Å². The van der Waals surface area contributed by atoms with Gasteiger partial charge in [0, 0.05) is 40.5 Å². The molecule has 2 aromatic carbocycles. The number of anilines is 1. The molecule has 1 unspecified atom stereocenters. The predicted octanol–water partition coefficient (Wildman–Crippen LogP) is 4.31. The summed E-state index contributed by atoms with van der Waals surface area (Å²) < 4.78 is 15.1. The van der Waals surface area contributed by atoms with Gasteiger partial charge >= 0.3 is 5.91 Å². The van der Waals surface area contributed by atoms with Gasteiger partial charge in [0.05, 0.1) is 5.52 Å². The number of hydroxylamine groups is 1. The van der Waals surface area contributed by atoms with E-state index < -0.39 is 17.6 Å². The molecule has 4 N–H and O–H groups in total. The van der Waals surface area contributed by atoms with E-state index in [0.717, 1.165) is 5.56 Å². The number of carbonyl (C=O) groups excluding carboxylic acids is 2. The quantitative estimate of drug-likeness (QED) is 0.263. The van der Waals surface area contributed by atoms with Crippen LogP contribution in [0.25, 0.3) is 33.7 Å². The number of aliphatic imine (C=N–C) groups is 1. The van der Waals surface area contributed by atoms with Crippen molar-refractivity contribution >= 4 is 34.6 Å². The second-order valence-corrected chi connectivity index (χ2v) is 10.5. The molecule has 4 aromatic rings. The number of aromatic nitrogens is 3. The Bertz CT molecular complexity index is 1740. The van der Waals surface area contributed by atoms with Crippen LogP contribution in [0.5, 0.6) is 0 Å². The molecule has 2 amide bonds. The highest BCUT2D eigenvalue weighted by Crippen LogP contribution is 2.30. The Morgan fingerprint density at radius 2 is 1.95 bits per heavy atom. The van der Waals surface area contributed by atoms with E-state index in [2.05, 4.69) is 47.9 Å². The number of aromatic amines is 1. The minimum atomic E-state index is -0.532. The summed E-state index contributed by atoms with van der Waals surface area (Å²) in [5.74, 6) is 4.04. The smallest absolute Gasteiger partial charge is 0.308 e. The fraction of sp³-hybridized carbons (Fsp3) is 0.233. The van der Waals surface area contributed by atoms with Crippen molar-refractivity contribution in [2.75, 3.05) is 5.32 Å². The number of amides is 2. The summed E-state index contributed by atoms with van der Waals surface area (Å²) in [7, 11) is 0. The molecule has 5 rings (SSSR count). The van der Waals surface area contributed by atoms with Gasteiger partial charge in [0.1, 0.15) is 17.8 Å². The van der Waals surface area contributed by atoms with Crippen LogP contribution in [0.1, 0.15) is 33.3 Å². The molecule has 11 heteroatoms. The normalized spacial score (nSPS) is 14.6. The lowest BCUT2D eigenvalue weighted by atomic mass is 9.93. The molecule has 2 aromatic heterocycles. The molecule has 10 nitrogen and oxygen atoms in total. The van der Waals surface area contributed by atoms with Crippen molar-refractivity contribution in [3.8, 4) is 34.4 Å². The molecule has 3 heterocycles. The van der Waals surface area contributed by atoms with E-state index >= 15 is 4.39 Å². The second kappa shape index (κ2) is 11.2. The van der Waals surface area contributed by atoms with Crippen molar-refractivity contribution in [3.63, 3.8) is 0 Å². The number of rotatable bonds is 6. The molecule has 0 fully saturated rings. The number of nitrogens with zero attached hydrogens (tertiary/aromatic N) is 3. The zero-order chi connectivity index (χ0) is 29.1. The number of nitrogens with one attached hydrogen (secondary N) is 4. The minimum Gasteiger partial charge on any atom is -0.381 e. The van der Waals surface area contributed by atoms with E-state index in [9.17, 15) is 9.59 Å². The van der Waals surface area contributed by atoms with Gasteiger partial charge in [-0.15, -0.1) is 5.48 Å². The van der Waals surface area contributed by atoms with Gasteiger partial charge in [-0.25, -0.2) is 19.4 Å². The van der Waals surface area contributed by atoms with E-state index in [4.69, 9.17) is 4.84 Å². The van der Waals surface area contributed by atoms with E-state index in [0.29, 0.717) is 39.4 Å². The summed E-state index contributed by atoms with van der Waals surface area (Å²) in [5, 5.41) is 5.37. The Balaban J connectivity index is 1.34. The number of pyridine rings is 1. The number of hydrogen-bond donors (Lipinski definition) is 4. The first-order valence-electron chi connectivity index (χ1n) is 12.9. The molecule has 0 spiro atoms. The number of fused-ring (bicyclic) bond motifs is 1. The van der Waals surface area contributed by atoms with E-state index in [1.807, 2.05) is 26.8 Å². The maximum absolute atomic E-state index is 15.1. The van der Waals surface area contributed by atoms with Gasteiger partial charge in [0.15, 0.2) is 5.65 Å². The topological polar surface area (TPSA) is 133 Å². The molecule has 0 aliphatic carbocycles. The van der Waals surface area contributed by atoms with Crippen molar-refractivity contribution in [2.45, 2.75) is 40.4 Å². The van der Waals surface area contributed by atoms with Crippen LogP contribution in [0.2, 0.25) is 0 Å². The summed E-state index contributed by atoms with van der Waals surface area (Å²) >= 11 is 0. The molecular formula is C30H28FN7O3. The van der Waals surface area contributed by atoms with Crippen molar-refractivity contribution in [1.82, 2.24) is 25.7 Å².